The number of pyridine rings is 1. The summed E-state index contributed by atoms with van der Waals surface area (Å²) in [4.78, 5) is 22.6. The normalized spacial score (nSPS) is 10.5. The molecule has 0 fully saturated rings. The molecular weight excluding hydrogens is 234 g/mol. The highest BCUT2D eigenvalue weighted by molar-refractivity contribution is 5.86. The Morgan fingerprint density at radius 3 is 2.89 bits per heavy atom. The van der Waals surface area contributed by atoms with E-state index in [0.29, 0.717) is 13.0 Å². The highest BCUT2D eigenvalue weighted by Crippen LogP contribution is 2.00. The number of carboxylic acid groups (broad SMARTS) is 1. The van der Waals surface area contributed by atoms with Crippen molar-refractivity contribution >= 4 is 5.97 Å². The van der Waals surface area contributed by atoms with Crippen molar-refractivity contribution in [1.82, 2.24) is 14.3 Å². The van der Waals surface area contributed by atoms with Crippen LogP contribution in [0.2, 0.25) is 0 Å². The Bertz CT molecular complexity index is 627. The highest BCUT2D eigenvalue weighted by atomic mass is 16.4. The number of rotatable bonds is 4. The van der Waals surface area contributed by atoms with Gasteiger partial charge in [-0.25, -0.2) is 4.79 Å². The van der Waals surface area contributed by atoms with Crippen LogP contribution >= 0.6 is 0 Å². The zero-order chi connectivity index (χ0) is 13.1. The average molecular weight is 247 g/mol. The first-order valence-electron chi connectivity index (χ1n) is 5.48. The zero-order valence-electron chi connectivity index (χ0n) is 9.91. The van der Waals surface area contributed by atoms with Crippen molar-refractivity contribution in [2.24, 2.45) is 7.05 Å². The van der Waals surface area contributed by atoms with E-state index in [1.165, 1.54) is 10.6 Å². The summed E-state index contributed by atoms with van der Waals surface area (Å²) in [5.41, 5.74) is 0.322. The maximum absolute atomic E-state index is 11.8. The molecule has 0 spiro atoms. The molecule has 0 aliphatic carbocycles. The summed E-state index contributed by atoms with van der Waals surface area (Å²) in [6.45, 7) is 0.436. The molecule has 6 nitrogen and oxygen atoms in total. The number of aromatic carboxylic acids is 1. The molecule has 1 N–H and O–H groups in total. The number of aryl methyl sites for hydroxylation is 3. The van der Waals surface area contributed by atoms with Gasteiger partial charge in [0.15, 0.2) is 0 Å². The zero-order valence-corrected chi connectivity index (χ0v) is 9.91. The summed E-state index contributed by atoms with van der Waals surface area (Å²) < 4.78 is 3.09. The van der Waals surface area contributed by atoms with E-state index in [1.54, 1.807) is 23.1 Å². The smallest absolute Gasteiger partial charge is 0.341 e. The number of nitrogens with zero attached hydrogens (tertiary/aromatic N) is 3. The summed E-state index contributed by atoms with van der Waals surface area (Å²) in [7, 11) is 1.82. The van der Waals surface area contributed by atoms with E-state index in [0.717, 1.165) is 5.56 Å². The molecule has 18 heavy (non-hydrogen) atoms. The van der Waals surface area contributed by atoms with Gasteiger partial charge in [0.1, 0.15) is 5.56 Å². The highest BCUT2D eigenvalue weighted by Gasteiger charge is 2.09. The monoisotopic (exact) mass is 247 g/mol. The molecule has 6 heteroatoms. The topological polar surface area (TPSA) is 77.1 Å². The molecule has 2 aromatic heterocycles. The van der Waals surface area contributed by atoms with Gasteiger partial charge in [0.05, 0.1) is 6.20 Å². The largest absolute Gasteiger partial charge is 0.477 e. The van der Waals surface area contributed by atoms with Crippen LogP contribution in [0.1, 0.15) is 15.9 Å². The molecule has 0 bridgehead atoms. The first-order valence-corrected chi connectivity index (χ1v) is 5.48. The van der Waals surface area contributed by atoms with Gasteiger partial charge in [0, 0.05) is 26.0 Å². The Kier molecular flexibility index (Phi) is 3.27. The van der Waals surface area contributed by atoms with Gasteiger partial charge in [0.2, 0.25) is 0 Å². The lowest BCUT2D eigenvalue weighted by Crippen LogP contribution is -2.26. The minimum Gasteiger partial charge on any atom is -0.477 e. The van der Waals surface area contributed by atoms with Crippen LogP contribution in [0.25, 0.3) is 0 Å². The second-order valence-electron chi connectivity index (χ2n) is 4.00. The molecule has 0 unspecified atom stereocenters. The first-order chi connectivity index (χ1) is 8.58. The molecule has 2 heterocycles. The van der Waals surface area contributed by atoms with Crippen LogP contribution < -0.4 is 5.56 Å². The van der Waals surface area contributed by atoms with Gasteiger partial charge in [-0.15, -0.1) is 0 Å². The van der Waals surface area contributed by atoms with Gasteiger partial charge in [-0.3, -0.25) is 9.48 Å². The van der Waals surface area contributed by atoms with E-state index in [4.69, 9.17) is 5.11 Å². The number of hydrogen-bond donors (Lipinski definition) is 1. The minimum absolute atomic E-state index is 0.205. The SMILES string of the molecule is Cn1cc(CCn2cccc(C(=O)O)c2=O)cn1. The van der Waals surface area contributed by atoms with Crippen molar-refractivity contribution in [1.29, 1.82) is 0 Å². The summed E-state index contributed by atoms with van der Waals surface area (Å²) in [6.07, 6.45) is 5.82. The summed E-state index contributed by atoms with van der Waals surface area (Å²) >= 11 is 0. The lowest BCUT2D eigenvalue weighted by atomic mass is 10.2. The maximum Gasteiger partial charge on any atom is 0.341 e. The van der Waals surface area contributed by atoms with Crippen molar-refractivity contribution in [3.8, 4) is 0 Å². The van der Waals surface area contributed by atoms with E-state index < -0.39 is 11.5 Å². The fraction of sp³-hybridized carbons (Fsp3) is 0.250. The van der Waals surface area contributed by atoms with Crippen LogP contribution in [-0.2, 0) is 20.0 Å². The van der Waals surface area contributed by atoms with Crippen LogP contribution in [0.3, 0.4) is 0 Å². The van der Waals surface area contributed by atoms with Crippen molar-refractivity contribution < 1.29 is 9.90 Å². The standard InChI is InChI=1S/C12H13N3O3/c1-14-8-9(7-13-14)4-6-15-5-2-3-10(11(15)16)12(17)18/h2-3,5,7-8H,4,6H2,1H3,(H,17,18). The summed E-state index contributed by atoms with van der Waals surface area (Å²) in [5, 5.41) is 12.9. The van der Waals surface area contributed by atoms with Crippen molar-refractivity contribution in [3.63, 3.8) is 0 Å². The lowest BCUT2D eigenvalue weighted by Gasteiger charge is -2.05. The molecular formula is C12H13N3O3. The van der Waals surface area contributed by atoms with Crippen LogP contribution in [0.15, 0.2) is 35.5 Å². The number of carbonyl (C=O) groups is 1. The van der Waals surface area contributed by atoms with E-state index in [9.17, 15) is 9.59 Å². The number of carboxylic acids is 1. The lowest BCUT2D eigenvalue weighted by molar-refractivity contribution is 0.0694. The predicted molar refractivity (Wildman–Crippen MR) is 64.6 cm³/mol. The third kappa shape index (κ3) is 2.48. The van der Waals surface area contributed by atoms with Crippen molar-refractivity contribution in [2.45, 2.75) is 13.0 Å². The van der Waals surface area contributed by atoms with Gasteiger partial charge < -0.3 is 9.67 Å². The molecule has 2 rings (SSSR count). The Hall–Kier alpha value is -2.37. The predicted octanol–water partition coefficient (Wildman–Crippen LogP) is 0.523. The number of hydrogen-bond acceptors (Lipinski definition) is 3. The van der Waals surface area contributed by atoms with Gasteiger partial charge in [0.25, 0.3) is 5.56 Å². The van der Waals surface area contributed by atoms with Crippen molar-refractivity contribution in [2.75, 3.05) is 0 Å². The second-order valence-corrected chi connectivity index (χ2v) is 4.00. The van der Waals surface area contributed by atoms with E-state index in [1.807, 2.05) is 13.2 Å². The Morgan fingerprint density at radius 1 is 1.50 bits per heavy atom. The van der Waals surface area contributed by atoms with E-state index in [2.05, 4.69) is 5.10 Å². The molecule has 2 aromatic rings. The Labute approximate surface area is 103 Å². The van der Waals surface area contributed by atoms with E-state index >= 15 is 0 Å². The quantitative estimate of drug-likeness (QED) is 0.854. The summed E-state index contributed by atoms with van der Waals surface area (Å²) in [6, 6.07) is 2.87. The molecule has 0 aliphatic heterocycles. The third-order valence-electron chi connectivity index (χ3n) is 2.65. The fourth-order valence-corrected chi connectivity index (χ4v) is 1.73. The maximum atomic E-state index is 11.8. The van der Waals surface area contributed by atoms with Gasteiger partial charge in [-0.1, -0.05) is 0 Å². The molecule has 0 saturated heterocycles. The molecule has 0 aromatic carbocycles. The van der Waals surface area contributed by atoms with Gasteiger partial charge in [-0.2, -0.15) is 5.10 Å². The number of aromatic nitrogens is 3. The van der Waals surface area contributed by atoms with Crippen LogP contribution in [0, 0.1) is 0 Å². The van der Waals surface area contributed by atoms with Crippen LogP contribution in [-0.4, -0.2) is 25.4 Å². The molecule has 0 atom stereocenters. The second kappa shape index (κ2) is 4.87. The summed E-state index contributed by atoms with van der Waals surface area (Å²) in [5.74, 6) is -1.20. The molecule has 0 radical (unpaired) electrons. The van der Waals surface area contributed by atoms with Gasteiger partial charge in [-0.05, 0) is 24.1 Å². The molecule has 0 amide bonds. The fourth-order valence-electron chi connectivity index (χ4n) is 1.73. The molecule has 0 aliphatic rings. The molecule has 0 saturated carbocycles. The Morgan fingerprint density at radius 2 is 2.28 bits per heavy atom. The van der Waals surface area contributed by atoms with E-state index in [-0.39, 0.29) is 5.56 Å². The molecule has 94 valence electrons. The average Bonchev–Trinajstić information content (AvgIpc) is 2.73. The van der Waals surface area contributed by atoms with Crippen molar-refractivity contribution in [3.05, 3.63) is 52.2 Å². The third-order valence-corrected chi connectivity index (χ3v) is 2.65. The minimum atomic E-state index is -1.20. The first kappa shape index (κ1) is 12.1. The Balaban J connectivity index is 2.17. The van der Waals surface area contributed by atoms with Gasteiger partial charge >= 0.3 is 5.97 Å². The van der Waals surface area contributed by atoms with Crippen LogP contribution in [0.4, 0.5) is 0 Å². The van der Waals surface area contributed by atoms with Crippen LogP contribution in [0.5, 0.6) is 0 Å².